The van der Waals surface area contributed by atoms with Crippen LogP contribution in [-0.4, -0.2) is 68.0 Å². The van der Waals surface area contributed by atoms with E-state index in [1.54, 1.807) is 7.11 Å². The molecule has 0 aromatic heterocycles. The largest absolute Gasteiger partial charge is 0.497 e. The lowest BCUT2D eigenvalue weighted by molar-refractivity contribution is -0.142. The molecule has 2 saturated heterocycles. The van der Waals surface area contributed by atoms with Gasteiger partial charge in [0.1, 0.15) is 5.75 Å². The molecule has 6 nitrogen and oxygen atoms in total. The van der Waals surface area contributed by atoms with Gasteiger partial charge in [0, 0.05) is 62.9 Å². The summed E-state index contributed by atoms with van der Waals surface area (Å²) >= 11 is 0. The molecule has 148 valence electrons. The minimum absolute atomic E-state index is 0.0296. The first-order chi connectivity index (χ1) is 13.0. The molecule has 27 heavy (non-hydrogen) atoms. The van der Waals surface area contributed by atoms with E-state index in [2.05, 4.69) is 11.0 Å². The van der Waals surface area contributed by atoms with Gasteiger partial charge in [-0.15, -0.1) is 0 Å². The summed E-state index contributed by atoms with van der Waals surface area (Å²) in [6.07, 6.45) is 1.57. The Hall–Kier alpha value is -2.24. The number of methoxy groups -OCH3 is 1. The van der Waals surface area contributed by atoms with Crippen LogP contribution in [0.3, 0.4) is 0 Å². The van der Waals surface area contributed by atoms with E-state index in [0.29, 0.717) is 13.1 Å². The molecule has 3 rings (SSSR count). The highest BCUT2D eigenvalue weighted by Gasteiger charge is 2.32. The molecule has 0 aliphatic carbocycles. The molecule has 0 N–H and O–H groups in total. The average Bonchev–Trinajstić information content (AvgIpc) is 2.73. The predicted octanol–water partition coefficient (Wildman–Crippen LogP) is 2.24. The number of benzene rings is 1. The van der Waals surface area contributed by atoms with Crippen molar-refractivity contribution in [2.24, 2.45) is 11.8 Å². The summed E-state index contributed by atoms with van der Waals surface area (Å²) in [4.78, 5) is 31.2. The van der Waals surface area contributed by atoms with Gasteiger partial charge in [0.15, 0.2) is 0 Å². The van der Waals surface area contributed by atoms with Crippen LogP contribution in [0.25, 0.3) is 0 Å². The van der Waals surface area contributed by atoms with Gasteiger partial charge >= 0.3 is 0 Å². The Morgan fingerprint density at radius 3 is 2.26 bits per heavy atom. The Balaban J connectivity index is 1.49. The molecule has 2 aliphatic heterocycles. The first kappa shape index (κ1) is 19.5. The number of likely N-dealkylation sites (tertiary alicyclic amines) is 1. The van der Waals surface area contributed by atoms with E-state index in [9.17, 15) is 9.59 Å². The Morgan fingerprint density at radius 1 is 1.00 bits per heavy atom. The van der Waals surface area contributed by atoms with Gasteiger partial charge in [-0.3, -0.25) is 9.59 Å². The molecule has 2 heterocycles. The van der Waals surface area contributed by atoms with Gasteiger partial charge in [-0.2, -0.15) is 0 Å². The SMILES string of the molecule is COc1cccc(N2CCN(C(=O)C3CCN(C(=O)C(C)C)CC3)CC2)c1. The highest BCUT2D eigenvalue weighted by atomic mass is 16.5. The van der Waals surface area contributed by atoms with Crippen molar-refractivity contribution >= 4 is 17.5 Å². The monoisotopic (exact) mass is 373 g/mol. The zero-order valence-electron chi connectivity index (χ0n) is 16.7. The molecule has 2 fully saturated rings. The van der Waals surface area contributed by atoms with Crippen molar-refractivity contribution in [3.05, 3.63) is 24.3 Å². The lowest BCUT2D eigenvalue weighted by Crippen LogP contribution is -2.52. The van der Waals surface area contributed by atoms with Crippen molar-refractivity contribution in [3.8, 4) is 5.75 Å². The van der Waals surface area contributed by atoms with E-state index < -0.39 is 0 Å². The zero-order valence-corrected chi connectivity index (χ0v) is 16.7. The molecule has 1 aromatic carbocycles. The van der Waals surface area contributed by atoms with Crippen LogP contribution in [0.5, 0.6) is 5.75 Å². The lowest BCUT2D eigenvalue weighted by Gasteiger charge is -2.39. The molecule has 6 heteroatoms. The maximum Gasteiger partial charge on any atom is 0.225 e. The normalized spacial score (nSPS) is 18.7. The number of rotatable bonds is 4. The van der Waals surface area contributed by atoms with Crippen LogP contribution < -0.4 is 9.64 Å². The van der Waals surface area contributed by atoms with Gasteiger partial charge in [-0.05, 0) is 25.0 Å². The quantitative estimate of drug-likeness (QED) is 0.812. The number of amides is 2. The summed E-state index contributed by atoms with van der Waals surface area (Å²) in [5.41, 5.74) is 1.14. The molecule has 0 unspecified atom stereocenters. The molecule has 1 aromatic rings. The second-order valence-corrected chi connectivity index (χ2v) is 7.77. The number of hydrogen-bond donors (Lipinski definition) is 0. The van der Waals surface area contributed by atoms with E-state index in [1.165, 1.54) is 0 Å². The summed E-state index contributed by atoms with van der Waals surface area (Å²) in [6.45, 7) is 8.45. The van der Waals surface area contributed by atoms with Crippen LogP contribution in [0, 0.1) is 11.8 Å². The first-order valence-electron chi connectivity index (χ1n) is 9.96. The van der Waals surface area contributed by atoms with E-state index in [-0.39, 0.29) is 23.7 Å². The fourth-order valence-electron chi connectivity index (χ4n) is 3.96. The highest BCUT2D eigenvalue weighted by molar-refractivity contribution is 5.81. The number of anilines is 1. The number of hydrogen-bond acceptors (Lipinski definition) is 4. The minimum Gasteiger partial charge on any atom is -0.497 e. The van der Waals surface area contributed by atoms with Gasteiger partial charge in [0.2, 0.25) is 11.8 Å². The van der Waals surface area contributed by atoms with Crippen LogP contribution in [0.1, 0.15) is 26.7 Å². The smallest absolute Gasteiger partial charge is 0.225 e. The number of carbonyl (C=O) groups is 2. The fourth-order valence-corrected chi connectivity index (χ4v) is 3.96. The molecule has 0 bridgehead atoms. The van der Waals surface area contributed by atoms with Crippen LogP contribution in [0.4, 0.5) is 5.69 Å². The van der Waals surface area contributed by atoms with Gasteiger partial charge in [-0.25, -0.2) is 0 Å². The number of ether oxygens (including phenoxy) is 1. The zero-order chi connectivity index (χ0) is 19.4. The van der Waals surface area contributed by atoms with Crippen LogP contribution in [0.15, 0.2) is 24.3 Å². The molecule has 0 spiro atoms. The molecule has 0 saturated carbocycles. The van der Waals surface area contributed by atoms with E-state index in [1.807, 2.05) is 41.8 Å². The molecule has 0 radical (unpaired) electrons. The van der Waals surface area contributed by atoms with Crippen molar-refractivity contribution in [2.75, 3.05) is 51.3 Å². The van der Waals surface area contributed by atoms with Crippen LogP contribution in [0.2, 0.25) is 0 Å². The molecular weight excluding hydrogens is 342 g/mol. The molecular formula is C21H31N3O3. The van der Waals surface area contributed by atoms with Crippen LogP contribution in [-0.2, 0) is 9.59 Å². The fraction of sp³-hybridized carbons (Fsp3) is 0.619. The number of nitrogens with zero attached hydrogens (tertiary/aromatic N) is 3. The van der Waals surface area contributed by atoms with Crippen molar-refractivity contribution in [1.29, 1.82) is 0 Å². The van der Waals surface area contributed by atoms with E-state index in [0.717, 1.165) is 50.5 Å². The molecule has 2 amide bonds. The van der Waals surface area contributed by atoms with Gasteiger partial charge in [0.05, 0.1) is 7.11 Å². The summed E-state index contributed by atoms with van der Waals surface area (Å²) in [5, 5.41) is 0. The molecule has 2 aliphatic rings. The first-order valence-corrected chi connectivity index (χ1v) is 9.96. The van der Waals surface area contributed by atoms with Gasteiger partial charge < -0.3 is 19.4 Å². The Bertz CT molecular complexity index is 660. The standard InChI is InChI=1S/C21H31N3O3/c1-16(2)20(25)23-9-7-17(8-10-23)21(26)24-13-11-22(12-14-24)18-5-4-6-19(15-18)27-3/h4-6,15-17H,7-14H2,1-3H3. The van der Waals surface area contributed by atoms with E-state index in [4.69, 9.17) is 4.74 Å². The second kappa shape index (κ2) is 8.63. The Morgan fingerprint density at radius 2 is 1.67 bits per heavy atom. The summed E-state index contributed by atoms with van der Waals surface area (Å²) in [6, 6.07) is 8.07. The lowest BCUT2D eigenvalue weighted by atomic mass is 9.94. The third-order valence-electron chi connectivity index (χ3n) is 5.66. The van der Waals surface area contributed by atoms with Crippen molar-refractivity contribution in [1.82, 2.24) is 9.80 Å². The minimum atomic E-state index is 0.0296. The van der Waals surface area contributed by atoms with Gasteiger partial charge in [-0.1, -0.05) is 19.9 Å². The number of piperidine rings is 1. The van der Waals surface area contributed by atoms with E-state index >= 15 is 0 Å². The van der Waals surface area contributed by atoms with Crippen molar-refractivity contribution < 1.29 is 14.3 Å². The second-order valence-electron chi connectivity index (χ2n) is 7.77. The van der Waals surface area contributed by atoms with Crippen LogP contribution >= 0.6 is 0 Å². The average molecular weight is 373 g/mol. The van der Waals surface area contributed by atoms with Crippen molar-refractivity contribution in [2.45, 2.75) is 26.7 Å². The third kappa shape index (κ3) is 4.54. The highest BCUT2D eigenvalue weighted by Crippen LogP contribution is 2.24. The predicted molar refractivity (Wildman–Crippen MR) is 106 cm³/mol. The summed E-state index contributed by atoms with van der Waals surface area (Å²) < 4.78 is 5.31. The summed E-state index contributed by atoms with van der Waals surface area (Å²) in [7, 11) is 1.68. The third-order valence-corrected chi connectivity index (χ3v) is 5.66. The van der Waals surface area contributed by atoms with Gasteiger partial charge in [0.25, 0.3) is 0 Å². The Labute approximate surface area is 162 Å². The summed E-state index contributed by atoms with van der Waals surface area (Å²) in [5.74, 6) is 1.41. The van der Waals surface area contributed by atoms with Crippen molar-refractivity contribution in [3.63, 3.8) is 0 Å². The maximum atomic E-state index is 12.9. The topological polar surface area (TPSA) is 53.1 Å². The number of carbonyl (C=O) groups excluding carboxylic acids is 2. The molecule has 0 atom stereocenters. The number of piperazine rings is 1. The Kier molecular flexibility index (Phi) is 6.24. The maximum absolute atomic E-state index is 12.9.